The highest BCUT2D eigenvalue weighted by molar-refractivity contribution is 5.69. The summed E-state index contributed by atoms with van der Waals surface area (Å²) in [5.41, 5.74) is 3.67. The second-order valence-electron chi connectivity index (χ2n) is 9.71. The van der Waals surface area contributed by atoms with Gasteiger partial charge in [-0.3, -0.25) is 0 Å². The molecule has 0 radical (unpaired) electrons. The van der Waals surface area contributed by atoms with Gasteiger partial charge in [0.25, 0.3) is 0 Å². The third kappa shape index (κ3) is 6.10. The molecule has 1 fully saturated rings. The molecule has 2 aliphatic heterocycles. The van der Waals surface area contributed by atoms with Crippen molar-refractivity contribution in [2.75, 3.05) is 24.7 Å². The molecule has 1 atom stereocenters. The molecule has 0 amide bonds. The molecule has 0 N–H and O–H groups in total. The van der Waals surface area contributed by atoms with Crippen molar-refractivity contribution in [3.05, 3.63) is 59.7 Å². The van der Waals surface area contributed by atoms with E-state index in [9.17, 15) is 0 Å². The Morgan fingerprint density at radius 2 is 1.94 bits per heavy atom. The number of benzene rings is 1. The lowest BCUT2D eigenvalue weighted by atomic mass is 9.99. The van der Waals surface area contributed by atoms with Crippen LogP contribution in [0, 0.1) is 0 Å². The molecular weight excluding hydrogens is 384 g/mol. The molecule has 166 valence electrons. The number of rotatable bonds is 5. The second kappa shape index (κ2) is 9.86. The van der Waals surface area contributed by atoms with Crippen molar-refractivity contribution >= 4 is 11.4 Å². The number of hydrogen-bond acceptors (Lipinski definition) is 4. The van der Waals surface area contributed by atoms with E-state index in [4.69, 9.17) is 14.5 Å². The van der Waals surface area contributed by atoms with Gasteiger partial charge >= 0.3 is 0 Å². The van der Waals surface area contributed by atoms with Crippen molar-refractivity contribution < 1.29 is 9.47 Å². The van der Waals surface area contributed by atoms with Crippen molar-refractivity contribution in [2.45, 2.75) is 70.9 Å². The van der Waals surface area contributed by atoms with Crippen LogP contribution in [-0.4, -0.2) is 36.4 Å². The van der Waals surface area contributed by atoms with Crippen molar-refractivity contribution in [3.8, 4) is 5.88 Å². The largest absolute Gasteiger partial charge is 0.472 e. The SMILES string of the molecule is CC(C)(C)Oc1cc(C2=CCOCC2)cc(N2CCCCCC2Cc2ccccc2)n1. The Hall–Kier alpha value is -2.33. The van der Waals surface area contributed by atoms with Crippen molar-refractivity contribution in [2.24, 2.45) is 0 Å². The lowest BCUT2D eigenvalue weighted by molar-refractivity contribution is 0.124. The number of hydrogen-bond donors (Lipinski definition) is 0. The highest BCUT2D eigenvalue weighted by Crippen LogP contribution is 2.32. The maximum absolute atomic E-state index is 6.25. The molecule has 1 aromatic carbocycles. The molecule has 1 unspecified atom stereocenters. The van der Waals surface area contributed by atoms with Gasteiger partial charge in [0, 0.05) is 18.7 Å². The summed E-state index contributed by atoms with van der Waals surface area (Å²) in [6.07, 6.45) is 9.17. The van der Waals surface area contributed by atoms with Crippen LogP contribution in [0.25, 0.3) is 5.57 Å². The molecule has 3 heterocycles. The molecule has 0 bridgehead atoms. The minimum absolute atomic E-state index is 0.283. The topological polar surface area (TPSA) is 34.6 Å². The van der Waals surface area contributed by atoms with Gasteiger partial charge in [0.05, 0.1) is 13.2 Å². The summed E-state index contributed by atoms with van der Waals surface area (Å²) >= 11 is 0. The lowest BCUT2D eigenvalue weighted by Crippen LogP contribution is -2.37. The zero-order valence-electron chi connectivity index (χ0n) is 19.3. The molecule has 2 aliphatic rings. The quantitative estimate of drug-likeness (QED) is 0.589. The van der Waals surface area contributed by atoms with Gasteiger partial charge in [0.2, 0.25) is 5.88 Å². The molecule has 0 saturated carbocycles. The molecule has 31 heavy (non-hydrogen) atoms. The highest BCUT2D eigenvalue weighted by atomic mass is 16.5. The second-order valence-corrected chi connectivity index (χ2v) is 9.71. The van der Waals surface area contributed by atoms with E-state index >= 15 is 0 Å². The van der Waals surface area contributed by atoms with Crippen molar-refractivity contribution in [1.29, 1.82) is 0 Å². The monoisotopic (exact) mass is 420 g/mol. The Bertz CT molecular complexity index is 886. The van der Waals surface area contributed by atoms with Crippen LogP contribution >= 0.6 is 0 Å². The van der Waals surface area contributed by atoms with Crippen LogP contribution in [0.4, 0.5) is 5.82 Å². The highest BCUT2D eigenvalue weighted by Gasteiger charge is 2.25. The van der Waals surface area contributed by atoms with Crippen molar-refractivity contribution in [1.82, 2.24) is 4.98 Å². The summed E-state index contributed by atoms with van der Waals surface area (Å²) in [5.74, 6) is 1.77. The number of ether oxygens (including phenoxy) is 2. The van der Waals surface area contributed by atoms with Gasteiger partial charge in [0.15, 0.2) is 0 Å². The fourth-order valence-corrected chi connectivity index (χ4v) is 4.56. The van der Waals surface area contributed by atoms with Gasteiger partial charge in [-0.05, 0) is 69.2 Å². The van der Waals surface area contributed by atoms with Crippen LogP contribution in [0.1, 0.15) is 64.0 Å². The van der Waals surface area contributed by atoms with Crippen LogP contribution in [0.2, 0.25) is 0 Å². The molecule has 0 spiro atoms. The fraction of sp³-hybridized carbons (Fsp3) is 0.519. The van der Waals surface area contributed by atoms with Crippen LogP contribution in [0.15, 0.2) is 48.5 Å². The van der Waals surface area contributed by atoms with Gasteiger partial charge in [-0.15, -0.1) is 0 Å². The van der Waals surface area contributed by atoms with E-state index in [1.54, 1.807) is 0 Å². The summed E-state index contributed by atoms with van der Waals surface area (Å²) in [6, 6.07) is 15.7. The molecule has 0 aliphatic carbocycles. The fourth-order valence-electron chi connectivity index (χ4n) is 4.56. The molecule has 4 nitrogen and oxygen atoms in total. The number of anilines is 1. The molecule has 1 saturated heterocycles. The summed E-state index contributed by atoms with van der Waals surface area (Å²) in [7, 11) is 0. The molecular formula is C27H36N2O2. The molecule has 1 aromatic heterocycles. The zero-order valence-corrected chi connectivity index (χ0v) is 19.3. The number of nitrogens with zero attached hydrogens (tertiary/aromatic N) is 2. The first-order valence-corrected chi connectivity index (χ1v) is 11.8. The minimum atomic E-state index is -0.283. The summed E-state index contributed by atoms with van der Waals surface area (Å²) < 4.78 is 11.8. The minimum Gasteiger partial charge on any atom is -0.472 e. The Morgan fingerprint density at radius 1 is 1.10 bits per heavy atom. The third-order valence-corrected chi connectivity index (χ3v) is 6.02. The van der Waals surface area contributed by atoms with Gasteiger partial charge in [0.1, 0.15) is 11.4 Å². The standard InChI is InChI=1S/C27H36N2O2/c1-27(2,3)31-26-20-23(22-13-16-30-17-14-22)19-25(28-26)29-15-9-5-8-12-24(29)18-21-10-6-4-7-11-21/h4,6-7,10-11,13,19-20,24H,5,8-9,12,14-18H2,1-3H3. The molecule has 2 aromatic rings. The van der Waals surface area contributed by atoms with Gasteiger partial charge in [-0.25, -0.2) is 0 Å². The van der Waals surface area contributed by atoms with E-state index in [2.05, 4.69) is 74.2 Å². The van der Waals surface area contributed by atoms with Gasteiger partial charge in [-0.1, -0.05) is 49.2 Å². The summed E-state index contributed by atoms with van der Waals surface area (Å²) in [5, 5.41) is 0. The number of aromatic nitrogens is 1. The van der Waals surface area contributed by atoms with Crippen molar-refractivity contribution in [3.63, 3.8) is 0 Å². The van der Waals surface area contributed by atoms with E-state index in [0.29, 0.717) is 12.6 Å². The summed E-state index contributed by atoms with van der Waals surface area (Å²) in [6.45, 7) is 8.75. The van der Waals surface area contributed by atoms with Gasteiger partial charge in [-0.2, -0.15) is 4.98 Å². The van der Waals surface area contributed by atoms with Crippen LogP contribution in [0.3, 0.4) is 0 Å². The summed E-state index contributed by atoms with van der Waals surface area (Å²) in [4.78, 5) is 7.56. The Labute approximate surface area is 187 Å². The smallest absolute Gasteiger partial charge is 0.216 e. The first-order chi connectivity index (χ1) is 15.0. The first kappa shape index (κ1) is 21.9. The van der Waals surface area contributed by atoms with Crippen LogP contribution in [-0.2, 0) is 11.2 Å². The third-order valence-electron chi connectivity index (χ3n) is 6.02. The average molecular weight is 421 g/mol. The van der Waals surface area contributed by atoms with E-state index in [1.165, 1.54) is 42.4 Å². The number of pyridine rings is 1. The normalized spacial score (nSPS) is 20.2. The van der Waals surface area contributed by atoms with Gasteiger partial charge < -0.3 is 14.4 Å². The van der Waals surface area contributed by atoms with E-state index < -0.39 is 0 Å². The van der Waals surface area contributed by atoms with Crippen LogP contribution in [0.5, 0.6) is 5.88 Å². The lowest BCUT2D eigenvalue weighted by Gasteiger charge is -2.32. The Balaban J connectivity index is 1.69. The van der Waals surface area contributed by atoms with Crippen LogP contribution < -0.4 is 9.64 Å². The van der Waals surface area contributed by atoms with E-state index in [-0.39, 0.29) is 5.60 Å². The molecule has 4 rings (SSSR count). The Kier molecular flexibility index (Phi) is 6.96. The predicted octanol–water partition coefficient (Wildman–Crippen LogP) is 6.05. The zero-order chi connectivity index (χ0) is 21.7. The van der Waals surface area contributed by atoms with E-state index in [1.807, 2.05) is 0 Å². The average Bonchev–Trinajstić information content (AvgIpc) is 2.99. The van der Waals surface area contributed by atoms with E-state index in [0.717, 1.165) is 37.7 Å². The maximum atomic E-state index is 6.25. The molecule has 4 heteroatoms. The first-order valence-electron chi connectivity index (χ1n) is 11.8. The Morgan fingerprint density at radius 3 is 2.68 bits per heavy atom. The predicted molar refractivity (Wildman–Crippen MR) is 128 cm³/mol. The maximum Gasteiger partial charge on any atom is 0.216 e.